The molecule has 3 nitrogen and oxygen atoms in total. The summed E-state index contributed by atoms with van der Waals surface area (Å²) in [6.45, 7) is 10.6. The van der Waals surface area contributed by atoms with E-state index in [4.69, 9.17) is 0 Å². The average molecular weight is 242 g/mol. The van der Waals surface area contributed by atoms with Gasteiger partial charge in [-0.2, -0.15) is 0 Å². The van der Waals surface area contributed by atoms with E-state index >= 15 is 0 Å². The molecular formula is C14H30N2O. The van der Waals surface area contributed by atoms with Gasteiger partial charge in [0.25, 0.3) is 0 Å². The van der Waals surface area contributed by atoms with Crippen LogP contribution in [0.4, 0.5) is 0 Å². The van der Waals surface area contributed by atoms with E-state index in [0.717, 1.165) is 25.9 Å². The number of rotatable bonds is 8. The minimum Gasteiger partial charge on any atom is -0.346 e. The molecule has 0 fully saturated rings. The fourth-order valence-electron chi connectivity index (χ4n) is 1.74. The standard InChI is InChI=1S/C14H30N2O/c1-12(2)11-16(6)14(17)9-7-8-10-15(5)13(3)4/h12-13H,7-11H2,1-6H3. The molecule has 1 amide bonds. The lowest BCUT2D eigenvalue weighted by molar-refractivity contribution is -0.130. The van der Waals surface area contributed by atoms with Crippen LogP contribution in [-0.2, 0) is 4.79 Å². The second-order valence-corrected chi connectivity index (χ2v) is 5.70. The summed E-state index contributed by atoms with van der Waals surface area (Å²) < 4.78 is 0. The number of carbonyl (C=O) groups excluding carboxylic acids is 1. The quantitative estimate of drug-likeness (QED) is 0.611. The molecule has 3 heteroatoms. The Morgan fingerprint density at radius 2 is 1.65 bits per heavy atom. The molecule has 0 aliphatic heterocycles. The molecule has 0 radical (unpaired) electrons. The fraction of sp³-hybridized carbons (Fsp3) is 0.929. The Morgan fingerprint density at radius 1 is 1.06 bits per heavy atom. The van der Waals surface area contributed by atoms with Crippen LogP contribution in [0.2, 0.25) is 0 Å². The lowest BCUT2D eigenvalue weighted by Crippen LogP contribution is -2.30. The molecule has 0 saturated carbocycles. The second kappa shape index (κ2) is 8.51. The molecule has 0 atom stereocenters. The molecule has 0 saturated heterocycles. The number of nitrogens with zero attached hydrogens (tertiary/aromatic N) is 2. The highest BCUT2D eigenvalue weighted by Gasteiger charge is 2.10. The third kappa shape index (κ3) is 8.19. The van der Waals surface area contributed by atoms with Crippen molar-refractivity contribution in [2.24, 2.45) is 5.92 Å². The van der Waals surface area contributed by atoms with Gasteiger partial charge >= 0.3 is 0 Å². The van der Waals surface area contributed by atoms with Crippen LogP contribution in [0.3, 0.4) is 0 Å². The van der Waals surface area contributed by atoms with Gasteiger partial charge in [0.05, 0.1) is 0 Å². The highest BCUT2D eigenvalue weighted by Crippen LogP contribution is 2.04. The van der Waals surface area contributed by atoms with Gasteiger partial charge in [0.2, 0.25) is 5.91 Å². The zero-order valence-corrected chi connectivity index (χ0v) is 12.5. The van der Waals surface area contributed by atoms with Crippen LogP contribution in [-0.4, -0.2) is 48.9 Å². The minimum absolute atomic E-state index is 0.283. The molecule has 0 aromatic carbocycles. The first-order valence-electron chi connectivity index (χ1n) is 6.78. The first-order valence-corrected chi connectivity index (χ1v) is 6.78. The summed E-state index contributed by atoms with van der Waals surface area (Å²) in [6, 6.07) is 0.592. The Balaban J connectivity index is 3.64. The van der Waals surface area contributed by atoms with Crippen molar-refractivity contribution in [2.75, 3.05) is 27.2 Å². The third-order valence-corrected chi connectivity index (χ3v) is 3.10. The Morgan fingerprint density at radius 3 is 2.12 bits per heavy atom. The van der Waals surface area contributed by atoms with Crippen LogP contribution >= 0.6 is 0 Å². The monoisotopic (exact) mass is 242 g/mol. The van der Waals surface area contributed by atoms with Crippen LogP contribution < -0.4 is 0 Å². The lowest BCUT2D eigenvalue weighted by atomic mass is 10.1. The van der Waals surface area contributed by atoms with Gasteiger partial charge in [-0.1, -0.05) is 13.8 Å². The van der Waals surface area contributed by atoms with Gasteiger partial charge in [0, 0.05) is 26.1 Å². The molecule has 0 aromatic rings. The van der Waals surface area contributed by atoms with Crippen LogP contribution in [0.1, 0.15) is 47.0 Å². The summed E-state index contributed by atoms with van der Waals surface area (Å²) in [5.41, 5.74) is 0. The van der Waals surface area contributed by atoms with E-state index in [2.05, 4.69) is 39.6 Å². The number of unbranched alkanes of at least 4 members (excludes halogenated alkanes) is 1. The second-order valence-electron chi connectivity index (χ2n) is 5.70. The van der Waals surface area contributed by atoms with Gasteiger partial charge in [-0.15, -0.1) is 0 Å². The topological polar surface area (TPSA) is 23.6 Å². The molecule has 102 valence electrons. The van der Waals surface area contributed by atoms with Crippen molar-refractivity contribution in [1.82, 2.24) is 9.80 Å². The predicted molar refractivity (Wildman–Crippen MR) is 74.1 cm³/mol. The van der Waals surface area contributed by atoms with E-state index in [1.807, 2.05) is 11.9 Å². The summed E-state index contributed by atoms with van der Waals surface area (Å²) in [4.78, 5) is 15.9. The number of hydrogen-bond acceptors (Lipinski definition) is 2. The molecular weight excluding hydrogens is 212 g/mol. The molecule has 0 unspecified atom stereocenters. The number of hydrogen-bond donors (Lipinski definition) is 0. The summed E-state index contributed by atoms with van der Waals surface area (Å²) in [6.07, 6.45) is 2.80. The third-order valence-electron chi connectivity index (χ3n) is 3.10. The first kappa shape index (κ1) is 16.4. The van der Waals surface area contributed by atoms with Gasteiger partial charge < -0.3 is 9.80 Å². The van der Waals surface area contributed by atoms with E-state index in [9.17, 15) is 4.79 Å². The summed E-state index contributed by atoms with van der Waals surface area (Å²) in [5, 5.41) is 0. The van der Waals surface area contributed by atoms with E-state index in [0.29, 0.717) is 18.4 Å². The summed E-state index contributed by atoms with van der Waals surface area (Å²) in [5.74, 6) is 0.835. The molecule has 0 bridgehead atoms. The zero-order valence-electron chi connectivity index (χ0n) is 12.5. The van der Waals surface area contributed by atoms with Gasteiger partial charge in [0.15, 0.2) is 0 Å². The van der Waals surface area contributed by atoms with Crippen molar-refractivity contribution < 1.29 is 4.79 Å². The molecule has 17 heavy (non-hydrogen) atoms. The summed E-state index contributed by atoms with van der Waals surface area (Å²) in [7, 11) is 4.04. The molecule has 0 aliphatic rings. The maximum atomic E-state index is 11.8. The van der Waals surface area contributed by atoms with Crippen molar-refractivity contribution in [2.45, 2.75) is 53.0 Å². The maximum absolute atomic E-state index is 11.8. The van der Waals surface area contributed by atoms with E-state index in [1.165, 1.54) is 0 Å². The largest absolute Gasteiger partial charge is 0.346 e. The van der Waals surface area contributed by atoms with Crippen LogP contribution in [0.25, 0.3) is 0 Å². The Bertz CT molecular complexity index is 214. The van der Waals surface area contributed by atoms with Crippen LogP contribution in [0, 0.1) is 5.92 Å². The summed E-state index contributed by atoms with van der Waals surface area (Å²) >= 11 is 0. The number of amides is 1. The van der Waals surface area contributed by atoms with Gasteiger partial charge in [0.1, 0.15) is 0 Å². The van der Waals surface area contributed by atoms with Gasteiger partial charge in [-0.25, -0.2) is 0 Å². The highest BCUT2D eigenvalue weighted by molar-refractivity contribution is 5.75. The fourth-order valence-corrected chi connectivity index (χ4v) is 1.74. The smallest absolute Gasteiger partial charge is 0.222 e. The molecule has 0 N–H and O–H groups in total. The number of carbonyl (C=O) groups is 1. The van der Waals surface area contributed by atoms with Crippen molar-refractivity contribution in [3.8, 4) is 0 Å². The minimum atomic E-state index is 0.283. The average Bonchev–Trinajstić information content (AvgIpc) is 2.22. The molecule has 0 aromatic heterocycles. The molecule has 0 spiro atoms. The first-order chi connectivity index (χ1) is 7.84. The van der Waals surface area contributed by atoms with Crippen LogP contribution in [0.15, 0.2) is 0 Å². The zero-order chi connectivity index (χ0) is 13.4. The molecule has 0 rings (SSSR count). The maximum Gasteiger partial charge on any atom is 0.222 e. The molecule has 0 heterocycles. The normalized spacial score (nSPS) is 11.6. The Labute approximate surface area is 107 Å². The van der Waals surface area contributed by atoms with Crippen molar-refractivity contribution >= 4 is 5.91 Å². The SMILES string of the molecule is CC(C)CN(C)C(=O)CCCCN(C)C(C)C. The Hall–Kier alpha value is -0.570. The van der Waals surface area contributed by atoms with Gasteiger partial charge in [-0.05, 0) is 46.2 Å². The predicted octanol–water partition coefficient (Wildman–Crippen LogP) is 2.61. The van der Waals surface area contributed by atoms with E-state index in [-0.39, 0.29) is 5.91 Å². The van der Waals surface area contributed by atoms with Gasteiger partial charge in [-0.3, -0.25) is 4.79 Å². The van der Waals surface area contributed by atoms with Crippen LogP contribution in [0.5, 0.6) is 0 Å². The van der Waals surface area contributed by atoms with Crippen molar-refractivity contribution in [1.29, 1.82) is 0 Å². The van der Waals surface area contributed by atoms with E-state index < -0.39 is 0 Å². The molecule has 0 aliphatic carbocycles. The van der Waals surface area contributed by atoms with Crippen molar-refractivity contribution in [3.05, 3.63) is 0 Å². The van der Waals surface area contributed by atoms with E-state index in [1.54, 1.807) is 0 Å². The lowest BCUT2D eigenvalue weighted by Gasteiger charge is -2.21. The Kier molecular flexibility index (Phi) is 8.23. The van der Waals surface area contributed by atoms with Crippen molar-refractivity contribution in [3.63, 3.8) is 0 Å². The highest BCUT2D eigenvalue weighted by atomic mass is 16.2.